The number of carbonyl (C=O) groups is 1. The van der Waals surface area contributed by atoms with E-state index in [0.29, 0.717) is 17.8 Å². The van der Waals surface area contributed by atoms with Gasteiger partial charge in [-0.25, -0.2) is 8.78 Å². The van der Waals surface area contributed by atoms with E-state index in [9.17, 15) is 13.6 Å². The van der Waals surface area contributed by atoms with E-state index in [4.69, 9.17) is 0 Å². The Morgan fingerprint density at radius 1 is 1.44 bits per heavy atom. The standard InChI is InChI=1S/C13H16F2N2O/c1-3-4-12(18)11-5-10(8(2)16-17-11)9-6-13(14,15)7-9/h5,9H,3-4,6-7H2,1-2H3. The second-order valence-electron chi connectivity index (χ2n) is 4.90. The summed E-state index contributed by atoms with van der Waals surface area (Å²) in [5.41, 5.74) is 1.69. The van der Waals surface area contributed by atoms with E-state index in [1.54, 1.807) is 13.0 Å². The number of aromatic nitrogens is 2. The van der Waals surface area contributed by atoms with Crippen molar-refractivity contribution >= 4 is 5.78 Å². The van der Waals surface area contributed by atoms with Crippen molar-refractivity contribution in [1.29, 1.82) is 0 Å². The predicted octanol–water partition coefficient (Wildman–Crippen LogP) is 3.28. The molecule has 1 fully saturated rings. The fourth-order valence-corrected chi connectivity index (χ4v) is 2.25. The summed E-state index contributed by atoms with van der Waals surface area (Å²) >= 11 is 0. The van der Waals surface area contributed by atoms with Crippen LogP contribution < -0.4 is 0 Å². The molecule has 0 atom stereocenters. The molecule has 1 heterocycles. The first-order valence-corrected chi connectivity index (χ1v) is 6.18. The molecule has 1 aromatic heterocycles. The van der Waals surface area contributed by atoms with Gasteiger partial charge in [0.1, 0.15) is 5.69 Å². The van der Waals surface area contributed by atoms with Crippen molar-refractivity contribution in [2.75, 3.05) is 0 Å². The highest BCUT2D eigenvalue weighted by molar-refractivity contribution is 5.94. The SMILES string of the molecule is CCCC(=O)c1cc(C2CC(F)(F)C2)c(C)nn1. The molecular weight excluding hydrogens is 238 g/mol. The highest BCUT2D eigenvalue weighted by Gasteiger charge is 2.46. The third-order valence-electron chi connectivity index (χ3n) is 3.31. The van der Waals surface area contributed by atoms with Gasteiger partial charge in [0.2, 0.25) is 5.92 Å². The van der Waals surface area contributed by atoms with Crippen LogP contribution in [0, 0.1) is 6.92 Å². The molecule has 0 saturated heterocycles. The average Bonchev–Trinajstić information content (AvgIpc) is 2.26. The first-order valence-electron chi connectivity index (χ1n) is 6.18. The van der Waals surface area contributed by atoms with Gasteiger partial charge in [-0.3, -0.25) is 4.79 Å². The molecule has 0 aliphatic heterocycles. The Labute approximate surface area is 105 Å². The lowest BCUT2D eigenvalue weighted by atomic mass is 9.76. The lowest BCUT2D eigenvalue weighted by Gasteiger charge is -2.35. The van der Waals surface area contributed by atoms with Crippen LogP contribution in [0.15, 0.2) is 6.07 Å². The summed E-state index contributed by atoms with van der Waals surface area (Å²) in [6.07, 6.45) is 0.852. The van der Waals surface area contributed by atoms with E-state index < -0.39 is 5.92 Å². The van der Waals surface area contributed by atoms with Crippen LogP contribution in [0.2, 0.25) is 0 Å². The molecule has 1 aliphatic rings. The van der Waals surface area contributed by atoms with Crippen LogP contribution >= 0.6 is 0 Å². The molecule has 2 rings (SSSR count). The number of ketones is 1. The molecule has 0 aromatic carbocycles. The van der Waals surface area contributed by atoms with Crippen molar-refractivity contribution in [1.82, 2.24) is 10.2 Å². The molecule has 0 spiro atoms. The number of alkyl halides is 2. The van der Waals surface area contributed by atoms with Crippen molar-refractivity contribution in [3.8, 4) is 0 Å². The molecule has 18 heavy (non-hydrogen) atoms. The first kappa shape index (κ1) is 13.1. The van der Waals surface area contributed by atoms with Gasteiger partial charge in [-0.05, 0) is 30.9 Å². The molecule has 0 radical (unpaired) electrons. The summed E-state index contributed by atoms with van der Waals surface area (Å²) in [7, 11) is 0. The van der Waals surface area contributed by atoms with Crippen LogP contribution in [0.1, 0.15) is 60.3 Å². The Hall–Kier alpha value is -1.39. The molecule has 0 amide bonds. The number of aryl methyl sites for hydroxylation is 1. The van der Waals surface area contributed by atoms with E-state index in [2.05, 4.69) is 10.2 Å². The maximum absolute atomic E-state index is 12.9. The fraction of sp³-hybridized carbons (Fsp3) is 0.615. The zero-order valence-corrected chi connectivity index (χ0v) is 10.5. The second kappa shape index (κ2) is 4.71. The summed E-state index contributed by atoms with van der Waals surface area (Å²) in [5, 5.41) is 7.76. The summed E-state index contributed by atoms with van der Waals surface area (Å²) in [5.74, 6) is -2.82. The normalized spacial score (nSPS) is 18.4. The molecule has 98 valence electrons. The molecule has 0 N–H and O–H groups in total. The monoisotopic (exact) mass is 254 g/mol. The number of hydrogen-bond donors (Lipinski definition) is 0. The lowest BCUT2D eigenvalue weighted by molar-refractivity contribution is -0.0869. The van der Waals surface area contributed by atoms with E-state index in [1.807, 2.05) is 6.92 Å². The minimum atomic E-state index is -2.56. The number of hydrogen-bond acceptors (Lipinski definition) is 3. The molecule has 3 nitrogen and oxygen atoms in total. The zero-order chi connectivity index (χ0) is 13.3. The number of carbonyl (C=O) groups excluding carboxylic acids is 1. The smallest absolute Gasteiger partial charge is 0.249 e. The third kappa shape index (κ3) is 2.54. The topological polar surface area (TPSA) is 42.9 Å². The number of halogens is 2. The van der Waals surface area contributed by atoms with E-state index in [1.165, 1.54) is 0 Å². The highest BCUT2D eigenvalue weighted by atomic mass is 19.3. The first-order chi connectivity index (χ1) is 8.43. The number of rotatable bonds is 4. The van der Waals surface area contributed by atoms with Gasteiger partial charge in [-0.1, -0.05) is 6.92 Å². The van der Waals surface area contributed by atoms with Crippen LogP contribution in [-0.4, -0.2) is 21.9 Å². The van der Waals surface area contributed by atoms with Crippen molar-refractivity contribution in [3.05, 3.63) is 23.0 Å². The van der Waals surface area contributed by atoms with Gasteiger partial charge < -0.3 is 0 Å². The molecule has 0 bridgehead atoms. The quantitative estimate of drug-likeness (QED) is 0.774. The summed E-state index contributed by atoms with van der Waals surface area (Å²) in [4.78, 5) is 11.7. The van der Waals surface area contributed by atoms with Crippen molar-refractivity contribution < 1.29 is 13.6 Å². The van der Waals surface area contributed by atoms with Gasteiger partial charge >= 0.3 is 0 Å². The van der Waals surface area contributed by atoms with Gasteiger partial charge in [0.05, 0.1) is 5.69 Å². The van der Waals surface area contributed by atoms with Crippen molar-refractivity contribution in [2.45, 2.75) is 51.4 Å². The number of nitrogens with zero attached hydrogens (tertiary/aromatic N) is 2. The van der Waals surface area contributed by atoms with E-state index in [0.717, 1.165) is 12.0 Å². The van der Waals surface area contributed by atoms with Crippen LogP contribution in [0.4, 0.5) is 8.78 Å². The Balaban J connectivity index is 2.20. The molecular formula is C13H16F2N2O. The van der Waals surface area contributed by atoms with Crippen LogP contribution in [0.25, 0.3) is 0 Å². The van der Waals surface area contributed by atoms with E-state index >= 15 is 0 Å². The Kier molecular flexibility index (Phi) is 3.41. The largest absolute Gasteiger partial charge is 0.292 e. The average molecular weight is 254 g/mol. The lowest BCUT2D eigenvalue weighted by Crippen LogP contribution is -2.34. The van der Waals surface area contributed by atoms with Gasteiger partial charge in [0.15, 0.2) is 5.78 Å². The van der Waals surface area contributed by atoms with Crippen LogP contribution in [0.3, 0.4) is 0 Å². The Bertz CT molecular complexity index is 466. The molecule has 1 aromatic rings. The highest BCUT2D eigenvalue weighted by Crippen LogP contribution is 2.48. The Morgan fingerprint density at radius 2 is 2.11 bits per heavy atom. The fourth-order valence-electron chi connectivity index (χ4n) is 2.25. The number of Topliss-reactive ketones (excluding diaryl/α,β-unsaturated/α-hetero) is 1. The zero-order valence-electron chi connectivity index (χ0n) is 10.5. The maximum atomic E-state index is 12.9. The van der Waals surface area contributed by atoms with Gasteiger partial charge in [-0.2, -0.15) is 5.10 Å². The summed E-state index contributed by atoms with van der Waals surface area (Å²) < 4.78 is 25.8. The summed E-state index contributed by atoms with van der Waals surface area (Å²) in [6, 6.07) is 1.64. The molecule has 0 unspecified atom stereocenters. The third-order valence-corrected chi connectivity index (χ3v) is 3.31. The molecule has 1 saturated carbocycles. The van der Waals surface area contributed by atoms with Crippen molar-refractivity contribution in [2.24, 2.45) is 0 Å². The summed E-state index contributed by atoms with van der Waals surface area (Å²) in [6.45, 7) is 3.65. The predicted molar refractivity (Wildman–Crippen MR) is 62.9 cm³/mol. The van der Waals surface area contributed by atoms with Gasteiger partial charge in [-0.15, -0.1) is 5.10 Å². The maximum Gasteiger partial charge on any atom is 0.249 e. The van der Waals surface area contributed by atoms with Crippen LogP contribution in [-0.2, 0) is 0 Å². The van der Waals surface area contributed by atoms with Gasteiger partial charge in [0.25, 0.3) is 0 Å². The minimum Gasteiger partial charge on any atom is -0.292 e. The minimum absolute atomic E-state index is 0.0719. The Morgan fingerprint density at radius 3 is 2.67 bits per heavy atom. The second-order valence-corrected chi connectivity index (χ2v) is 4.90. The van der Waals surface area contributed by atoms with Crippen molar-refractivity contribution in [3.63, 3.8) is 0 Å². The van der Waals surface area contributed by atoms with E-state index in [-0.39, 0.29) is 24.5 Å². The van der Waals surface area contributed by atoms with Gasteiger partial charge in [0, 0.05) is 19.3 Å². The molecule has 5 heteroatoms. The molecule has 1 aliphatic carbocycles. The van der Waals surface area contributed by atoms with Crippen LogP contribution in [0.5, 0.6) is 0 Å².